The summed E-state index contributed by atoms with van der Waals surface area (Å²) in [6, 6.07) is 20.1. The molecule has 218 valence electrons. The maximum atomic E-state index is 13.1. The van der Waals surface area contributed by atoms with Gasteiger partial charge in [-0.1, -0.05) is 29.8 Å². The number of Topliss-reactive ketones (excluding diaryl/α,β-unsaturated/α-hetero) is 1. The van der Waals surface area contributed by atoms with Crippen LogP contribution in [0.1, 0.15) is 51.8 Å². The number of nitrogens with zero attached hydrogens (tertiary/aromatic N) is 4. The van der Waals surface area contributed by atoms with Gasteiger partial charge in [-0.2, -0.15) is 5.10 Å². The molecule has 0 aliphatic carbocycles. The quantitative estimate of drug-likeness (QED) is 0.180. The van der Waals surface area contributed by atoms with Gasteiger partial charge in [-0.15, -0.1) is 11.3 Å². The number of thiazole rings is 1. The van der Waals surface area contributed by atoms with Crippen molar-refractivity contribution in [2.45, 2.75) is 59.8 Å². The molecule has 0 N–H and O–H groups in total. The van der Waals surface area contributed by atoms with Gasteiger partial charge in [0, 0.05) is 51.6 Å². The van der Waals surface area contributed by atoms with Crippen LogP contribution in [-0.4, -0.2) is 31.1 Å². The van der Waals surface area contributed by atoms with E-state index < -0.39 is 11.7 Å². The van der Waals surface area contributed by atoms with Gasteiger partial charge in [0.2, 0.25) is 0 Å². The first-order valence-electron chi connectivity index (χ1n) is 14.3. The molecule has 0 bridgehead atoms. The molecular weight excluding hydrogens is 576 g/mol. The summed E-state index contributed by atoms with van der Waals surface area (Å²) in [6.45, 7) is 12.4. The van der Waals surface area contributed by atoms with Crippen molar-refractivity contribution >= 4 is 49.8 Å². The smallest absolute Gasteiger partial charge is 0.163 e. The Balaban J connectivity index is 1.51. The van der Waals surface area contributed by atoms with Gasteiger partial charge in [0.1, 0.15) is 11.1 Å². The van der Waals surface area contributed by atoms with Gasteiger partial charge in [0.05, 0.1) is 27.0 Å². The van der Waals surface area contributed by atoms with Crippen molar-refractivity contribution in [2.24, 2.45) is 0 Å². The molecule has 0 unspecified atom stereocenters. The topological polar surface area (TPSA) is 69.9 Å². The summed E-state index contributed by atoms with van der Waals surface area (Å²) >= 11 is 7.89. The fourth-order valence-electron chi connectivity index (χ4n) is 5.39. The van der Waals surface area contributed by atoms with Gasteiger partial charge >= 0.3 is 0 Å². The SMILES string of the molecule is CCn1cc2cc(-c3cc(-c4nc5cc(C)c([C@H](OC(C)(C)C)C(C)=O)c(-c6ccc(Cl)cc6)c5s4)ccn3)ccc2n1. The average molecular weight is 609 g/mol. The summed E-state index contributed by atoms with van der Waals surface area (Å²) in [5.41, 5.74) is 7.92. The second-order valence-electron chi connectivity index (χ2n) is 11.8. The molecule has 0 aliphatic rings. The molecular formula is C35H33ClN4O2S. The minimum Gasteiger partial charge on any atom is -0.360 e. The summed E-state index contributed by atoms with van der Waals surface area (Å²) in [4.78, 5) is 22.9. The Morgan fingerprint density at radius 3 is 2.44 bits per heavy atom. The van der Waals surface area contributed by atoms with Gasteiger partial charge < -0.3 is 4.74 Å². The molecule has 6 rings (SSSR count). The number of hydrogen-bond donors (Lipinski definition) is 0. The molecule has 0 saturated heterocycles. The monoisotopic (exact) mass is 608 g/mol. The van der Waals surface area contributed by atoms with Crippen molar-refractivity contribution in [2.75, 3.05) is 0 Å². The van der Waals surface area contributed by atoms with E-state index in [1.807, 2.05) is 75.0 Å². The number of rotatable bonds is 7. The Hall–Kier alpha value is -3.91. The van der Waals surface area contributed by atoms with Crippen LogP contribution < -0.4 is 0 Å². The summed E-state index contributed by atoms with van der Waals surface area (Å²) in [5, 5.41) is 7.21. The Labute approximate surface area is 260 Å². The van der Waals surface area contributed by atoms with Crippen molar-refractivity contribution in [3.8, 4) is 33.0 Å². The number of aromatic nitrogens is 4. The molecule has 1 atom stereocenters. The van der Waals surface area contributed by atoms with Crippen LogP contribution in [0.4, 0.5) is 0 Å². The Morgan fingerprint density at radius 2 is 1.74 bits per heavy atom. The zero-order valence-electron chi connectivity index (χ0n) is 25.1. The third-order valence-corrected chi connectivity index (χ3v) is 8.73. The van der Waals surface area contributed by atoms with Gasteiger partial charge in [-0.25, -0.2) is 4.98 Å². The summed E-state index contributed by atoms with van der Waals surface area (Å²) in [6.07, 6.45) is 3.17. The number of carbonyl (C=O) groups is 1. The highest BCUT2D eigenvalue weighted by molar-refractivity contribution is 7.22. The maximum absolute atomic E-state index is 13.1. The Kier molecular flexibility index (Phi) is 7.67. The first kappa shape index (κ1) is 29.2. The fraction of sp³-hybridized carbons (Fsp3) is 0.257. The molecule has 6 nitrogen and oxygen atoms in total. The van der Waals surface area contributed by atoms with Gasteiger partial charge in [-0.3, -0.25) is 14.5 Å². The van der Waals surface area contributed by atoms with Crippen LogP contribution >= 0.6 is 22.9 Å². The molecule has 8 heteroatoms. The van der Waals surface area contributed by atoms with E-state index >= 15 is 0 Å². The predicted octanol–water partition coefficient (Wildman–Crippen LogP) is 9.47. The molecule has 3 aromatic carbocycles. The van der Waals surface area contributed by atoms with E-state index in [-0.39, 0.29) is 5.78 Å². The Morgan fingerprint density at radius 1 is 1.00 bits per heavy atom. The lowest BCUT2D eigenvalue weighted by Gasteiger charge is -2.29. The number of ether oxygens (including phenoxy) is 1. The van der Waals surface area contributed by atoms with Crippen molar-refractivity contribution in [3.63, 3.8) is 0 Å². The number of halogens is 1. The number of pyridine rings is 1. The van der Waals surface area contributed by atoms with E-state index in [2.05, 4.69) is 47.5 Å². The van der Waals surface area contributed by atoms with Gasteiger partial charge in [-0.05, 0) is 95.1 Å². The number of hydrogen-bond acceptors (Lipinski definition) is 6. The summed E-state index contributed by atoms with van der Waals surface area (Å²) < 4.78 is 9.33. The molecule has 6 aromatic rings. The number of carbonyl (C=O) groups excluding carboxylic acids is 1. The zero-order chi connectivity index (χ0) is 30.5. The number of fused-ring (bicyclic) bond motifs is 2. The average Bonchev–Trinajstić information content (AvgIpc) is 3.59. The highest BCUT2D eigenvalue weighted by Gasteiger charge is 2.30. The standard InChI is InChI=1S/C35H33ClN4O2S/c1-7-40-19-25-17-23(10-13-27(25)39-40)28-18-24(14-15-37-28)34-38-29-16-20(2)30(32(21(3)41)42-35(4,5)6)31(33(29)43-34)22-8-11-26(36)12-9-22/h8-19,32H,7H2,1-6H3/t32-/m1/s1. The molecule has 0 saturated carbocycles. The normalized spacial score (nSPS) is 12.7. The van der Waals surface area contributed by atoms with Crippen LogP contribution in [0.25, 0.3) is 54.1 Å². The molecule has 0 fully saturated rings. The molecule has 3 aromatic heterocycles. The molecule has 43 heavy (non-hydrogen) atoms. The highest BCUT2D eigenvalue weighted by atomic mass is 35.5. The van der Waals surface area contributed by atoms with Crippen LogP contribution in [0.2, 0.25) is 5.02 Å². The largest absolute Gasteiger partial charge is 0.360 e. The van der Waals surface area contributed by atoms with E-state index in [4.69, 9.17) is 21.3 Å². The lowest BCUT2D eigenvalue weighted by Crippen LogP contribution is -2.27. The van der Waals surface area contributed by atoms with Crippen molar-refractivity contribution in [1.29, 1.82) is 0 Å². The van der Waals surface area contributed by atoms with E-state index in [0.29, 0.717) is 5.02 Å². The molecule has 0 spiro atoms. The maximum Gasteiger partial charge on any atom is 0.163 e. The molecule has 3 heterocycles. The third kappa shape index (κ3) is 5.85. The van der Waals surface area contributed by atoms with Crippen LogP contribution in [-0.2, 0) is 16.1 Å². The van der Waals surface area contributed by atoms with E-state index in [9.17, 15) is 4.79 Å². The molecule has 0 radical (unpaired) electrons. The second-order valence-corrected chi connectivity index (χ2v) is 13.2. The minimum absolute atomic E-state index is 0.0439. The molecule has 0 aliphatic heterocycles. The van der Waals surface area contributed by atoms with Crippen molar-refractivity contribution in [1.82, 2.24) is 19.7 Å². The zero-order valence-corrected chi connectivity index (χ0v) is 26.7. The highest BCUT2D eigenvalue weighted by Crippen LogP contribution is 2.44. The van der Waals surface area contributed by atoms with E-state index in [0.717, 1.165) is 71.7 Å². The second kappa shape index (κ2) is 11.3. The van der Waals surface area contributed by atoms with Gasteiger partial charge in [0.15, 0.2) is 5.78 Å². The third-order valence-electron chi connectivity index (χ3n) is 7.34. The van der Waals surface area contributed by atoms with Gasteiger partial charge in [0.25, 0.3) is 0 Å². The van der Waals surface area contributed by atoms with Crippen LogP contribution in [0.5, 0.6) is 0 Å². The number of aryl methyl sites for hydroxylation is 2. The first-order valence-corrected chi connectivity index (χ1v) is 15.5. The number of ketones is 1. The fourth-order valence-corrected chi connectivity index (χ4v) is 6.64. The van der Waals surface area contributed by atoms with Crippen LogP contribution in [0.3, 0.4) is 0 Å². The first-order chi connectivity index (χ1) is 20.5. The number of benzene rings is 3. The van der Waals surface area contributed by atoms with Crippen LogP contribution in [0.15, 0.2) is 73.1 Å². The van der Waals surface area contributed by atoms with E-state index in [1.165, 1.54) is 0 Å². The predicted molar refractivity (Wildman–Crippen MR) is 177 cm³/mol. The summed E-state index contributed by atoms with van der Waals surface area (Å²) in [7, 11) is 0. The van der Waals surface area contributed by atoms with E-state index in [1.54, 1.807) is 18.3 Å². The lowest BCUT2D eigenvalue weighted by molar-refractivity contribution is -0.138. The Bertz CT molecular complexity index is 1990. The summed E-state index contributed by atoms with van der Waals surface area (Å²) in [5.74, 6) is -0.0439. The van der Waals surface area contributed by atoms with Crippen molar-refractivity contribution < 1.29 is 9.53 Å². The van der Waals surface area contributed by atoms with Crippen LogP contribution in [0, 0.1) is 6.92 Å². The van der Waals surface area contributed by atoms with Crippen molar-refractivity contribution in [3.05, 3.63) is 89.2 Å². The molecule has 0 amide bonds. The lowest BCUT2D eigenvalue weighted by atomic mass is 9.90. The minimum atomic E-state index is -0.722.